The molecule has 2 atom stereocenters. The third-order valence-corrected chi connectivity index (χ3v) is 3.21. The summed E-state index contributed by atoms with van der Waals surface area (Å²) in [4.78, 5) is 10.4. The third kappa shape index (κ3) is 7.13. The maximum Gasteiger partial charge on any atom is 0.320 e. The number of nitrogens with two attached hydrogens (primary N) is 2. The van der Waals surface area contributed by atoms with Crippen LogP contribution in [0.3, 0.4) is 0 Å². The van der Waals surface area contributed by atoms with Crippen LogP contribution in [0.1, 0.15) is 18.1 Å². The van der Waals surface area contributed by atoms with Crippen LogP contribution in [0.25, 0.3) is 0 Å². The summed E-state index contributed by atoms with van der Waals surface area (Å²) in [5.41, 5.74) is 12.8. The molecule has 24 heavy (non-hydrogen) atoms. The second-order valence-corrected chi connectivity index (χ2v) is 5.64. The van der Waals surface area contributed by atoms with Crippen molar-refractivity contribution in [3.63, 3.8) is 0 Å². The molecule has 130 valence electrons. The fraction of sp³-hybridized carbons (Fsp3) is 0.278. The minimum Gasteiger partial charge on any atom is -0.504 e. The molecule has 0 spiro atoms. The zero-order chi connectivity index (χ0) is 18.1. The molecule has 0 aliphatic carbocycles. The third-order valence-electron chi connectivity index (χ3n) is 3.21. The summed E-state index contributed by atoms with van der Waals surface area (Å²) in [7, 11) is 0. The maximum atomic E-state index is 10.4. The van der Waals surface area contributed by atoms with Crippen molar-refractivity contribution in [2.24, 2.45) is 11.5 Å². The Morgan fingerprint density at radius 1 is 0.958 bits per heavy atom. The molecule has 2 aromatic carbocycles. The van der Waals surface area contributed by atoms with Crippen molar-refractivity contribution in [3.05, 3.63) is 59.7 Å². The molecule has 0 saturated carbocycles. The number of carboxylic acids is 1. The molecule has 2 unspecified atom stereocenters. The summed E-state index contributed by atoms with van der Waals surface area (Å²) < 4.78 is 0. The van der Waals surface area contributed by atoms with Crippen LogP contribution in [0, 0.1) is 0 Å². The van der Waals surface area contributed by atoms with Gasteiger partial charge in [0.25, 0.3) is 0 Å². The lowest BCUT2D eigenvalue weighted by Gasteiger charge is -2.06. The highest BCUT2D eigenvalue weighted by Gasteiger charge is 2.12. The summed E-state index contributed by atoms with van der Waals surface area (Å²) >= 11 is 0. The lowest BCUT2D eigenvalue weighted by molar-refractivity contribution is -0.138. The number of phenolic OH excluding ortho intramolecular Hbond substituents is 2. The Morgan fingerprint density at radius 3 is 2.08 bits per heavy atom. The predicted molar refractivity (Wildman–Crippen MR) is 92.9 cm³/mol. The summed E-state index contributed by atoms with van der Waals surface area (Å²) in [6, 6.07) is 13.7. The molecule has 7 N–H and O–H groups in total. The van der Waals surface area contributed by atoms with Crippen molar-refractivity contribution in [1.29, 1.82) is 0 Å². The fourth-order valence-electron chi connectivity index (χ4n) is 2.02. The van der Waals surface area contributed by atoms with Gasteiger partial charge in [-0.3, -0.25) is 4.79 Å². The van der Waals surface area contributed by atoms with Crippen LogP contribution in [0.4, 0.5) is 0 Å². The average molecular weight is 332 g/mol. The van der Waals surface area contributed by atoms with Gasteiger partial charge in [-0.05, 0) is 43.0 Å². The van der Waals surface area contributed by atoms with E-state index in [4.69, 9.17) is 26.8 Å². The molecule has 6 nitrogen and oxygen atoms in total. The van der Waals surface area contributed by atoms with Gasteiger partial charge in [0.2, 0.25) is 0 Å². The second kappa shape index (κ2) is 9.54. The first-order valence-electron chi connectivity index (χ1n) is 7.58. The zero-order valence-electron chi connectivity index (χ0n) is 13.6. The molecular weight excluding hydrogens is 308 g/mol. The van der Waals surface area contributed by atoms with E-state index in [0.717, 1.165) is 6.42 Å². The van der Waals surface area contributed by atoms with E-state index in [1.54, 1.807) is 0 Å². The van der Waals surface area contributed by atoms with Crippen molar-refractivity contribution in [1.82, 2.24) is 0 Å². The molecule has 0 radical (unpaired) electrons. The number of phenols is 2. The van der Waals surface area contributed by atoms with E-state index in [2.05, 4.69) is 12.1 Å². The Kier molecular flexibility index (Phi) is 7.74. The maximum absolute atomic E-state index is 10.4. The Balaban J connectivity index is 0.000000254. The van der Waals surface area contributed by atoms with Crippen molar-refractivity contribution in [3.8, 4) is 11.5 Å². The van der Waals surface area contributed by atoms with Gasteiger partial charge in [-0.2, -0.15) is 0 Å². The highest BCUT2D eigenvalue weighted by atomic mass is 16.4. The molecule has 0 aliphatic heterocycles. The van der Waals surface area contributed by atoms with Crippen LogP contribution >= 0.6 is 0 Å². The lowest BCUT2D eigenvalue weighted by atomic mass is 10.1. The predicted octanol–water partition coefficient (Wildman–Crippen LogP) is 1.63. The monoisotopic (exact) mass is 332 g/mol. The summed E-state index contributed by atoms with van der Waals surface area (Å²) in [5.74, 6) is -1.62. The van der Waals surface area contributed by atoms with Crippen LogP contribution in [0.15, 0.2) is 48.5 Å². The molecule has 0 bridgehead atoms. The number of rotatable bonds is 5. The van der Waals surface area contributed by atoms with Gasteiger partial charge in [0, 0.05) is 6.04 Å². The zero-order valence-corrected chi connectivity index (χ0v) is 13.6. The number of aliphatic carboxylic acids is 1. The molecule has 6 heteroatoms. The van der Waals surface area contributed by atoms with Gasteiger partial charge >= 0.3 is 5.97 Å². The van der Waals surface area contributed by atoms with Gasteiger partial charge in [-0.15, -0.1) is 0 Å². The highest BCUT2D eigenvalue weighted by molar-refractivity contribution is 5.73. The van der Waals surface area contributed by atoms with Gasteiger partial charge in [0.1, 0.15) is 6.04 Å². The van der Waals surface area contributed by atoms with Gasteiger partial charge in [-0.1, -0.05) is 36.4 Å². The summed E-state index contributed by atoms with van der Waals surface area (Å²) in [5, 5.41) is 26.6. The minimum atomic E-state index is -1.10. The quantitative estimate of drug-likeness (QED) is 0.529. The smallest absolute Gasteiger partial charge is 0.320 e. The number of hydrogen-bond donors (Lipinski definition) is 5. The number of hydrogen-bond acceptors (Lipinski definition) is 5. The molecule has 0 amide bonds. The van der Waals surface area contributed by atoms with Gasteiger partial charge < -0.3 is 26.8 Å². The van der Waals surface area contributed by atoms with Gasteiger partial charge in [0.05, 0.1) is 0 Å². The SMILES string of the molecule is CC(N)Cc1ccccc1.NC(Cc1ccc(O)c(O)c1)C(=O)O. The first kappa shape index (κ1) is 19.5. The normalized spacial score (nSPS) is 12.6. The van der Waals surface area contributed by atoms with E-state index in [1.807, 2.05) is 25.1 Å². The molecule has 0 aliphatic rings. The Bertz CT molecular complexity index is 645. The number of aromatic hydroxyl groups is 2. The van der Waals surface area contributed by atoms with Crippen molar-refractivity contribution in [2.75, 3.05) is 0 Å². The van der Waals surface area contributed by atoms with Crippen LogP contribution in [0.2, 0.25) is 0 Å². The molecule has 0 fully saturated rings. The molecule has 2 rings (SSSR count). The molecule has 0 aromatic heterocycles. The molecule has 0 heterocycles. The minimum absolute atomic E-state index is 0.114. The van der Waals surface area contributed by atoms with Gasteiger partial charge in [-0.25, -0.2) is 0 Å². The first-order chi connectivity index (χ1) is 11.3. The molecular formula is C18H24N2O4. The van der Waals surface area contributed by atoms with E-state index < -0.39 is 12.0 Å². The van der Waals surface area contributed by atoms with E-state index in [1.165, 1.54) is 23.8 Å². The van der Waals surface area contributed by atoms with Crippen LogP contribution in [0.5, 0.6) is 11.5 Å². The Labute approximate surface area is 141 Å². The average Bonchev–Trinajstić information content (AvgIpc) is 2.52. The largest absolute Gasteiger partial charge is 0.504 e. The van der Waals surface area contributed by atoms with Crippen LogP contribution in [-0.2, 0) is 17.6 Å². The molecule has 2 aromatic rings. The van der Waals surface area contributed by atoms with Crippen molar-refractivity contribution in [2.45, 2.75) is 31.8 Å². The Morgan fingerprint density at radius 2 is 1.58 bits per heavy atom. The summed E-state index contributed by atoms with van der Waals surface area (Å²) in [6.07, 6.45) is 1.09. The Hall–Kier alpha value is -2.57. The fourth-order valence-corrected chi connectivity index (χ4v) is 2.02. The van der Waals surface area contributed by atoms with E-state index >= 15 is 0 Å². The summed E-state index contributed by atoms with van der Waals surface area (Å²) in [6.45, 7) is 2.02. The van der Waals surface area contributed by atoms with Crippen molar-refractivity contribution < 1.29 is 20.1 Å². The van der Waals surface area contributed by atoms with E-state index in [9.17, 15) is 4.79 Å². The molecule has 0 saturated heterocycles. The van der Waals surface area contributed by atoms with E-state index in [0.29, 0.717) is 5.56 Å². The number of carbonyl (C=O) groups is 1. The van der Waals surface area contributed by atoms with Crippen LogP contribution in [-0.4, -0.2) is 33.4 Å². The van der Waals surface area contributed by atoms with E-state index in [-0.39, 0.29) is 24.0 Å². The second-order valence-electron chi connectivity index (χ2n) is 5.64. The lowest BCUT2D eigenvalue weighted by Crippen LogP contribution is -2.32. The standard InChI is InChI=1S/C9H11NO4.C9H13N/c10-6(9(13)14)3-5-1-2-7(11)8(12)4-5;1-8(10)7-9-5-3-2-4-6-9/h1-2,4,6,11-12H,3,10H2,(H,13,14);2-6,8H,7,10H2,1H3. The highest BCUT2D eigenvalue weighted by Crippen LogP contribution is 2.25. The van der Waals surface area contributed by atoms with Crippen LogP contribution < -0.4 is 11.5 Å². The first-order valence-corrected chi connectivity index (χ1v) is 7.58. The number of carboxylic acid groups (broad SMARTS) is 1. The number of benzene rings is 2. The topological polar surface area (TPSA) is 130 Å². The van der Waals surface area contributed by atoms with Gasteiger partial charge in [0.15, 0.2) is 11.5 Å². The van der Waals surface area contributed by atoms with Crippen molar-refractivity contribution >= 4 is 5.97 Å².